The van der Waals surface area contributed by atoms with Gasteiger partial charge in [-0.1, -0.05) is 0 Å². The molecule has 0 atom stereocenters. The number of hydrogen-bond acceptors (Lipinski definition) is 0. The summed E-state index contributed by atoms with van der Waals surface area (Å²) in [5.74, 6) is -0.581. The normalized spacial score (nSPS) is 20.1. The second-order valence-electron chi connectivity index (χ2n) is 2.71. The molecule has 2 aliphatic carbocycles. The third-order valence-electron chi connectivity index (χ3n) is 1.55. The molecule has 2 aliphatic rings. The van der Waals surface area contributed by atoms with E-state index in [0.29, 0.717) is 0 Å². The summed E-state index contributed by atoms with van der Waals surface area (Å²) < 4.78 is 34.9. The summed E-state index contributed by atoms with van der Waals surface area (Å²) in [4.78, 5) is 0. The third-order valence-corrected chi connectivity index (χ3v) is 1.55. The van der Waals surface area contributed by atoms with E-state index in [9.17, 15) is 13.2 Å². The molecule has 0 N–H and O–H groups in total. The molecule has 2 saturated carbocycles. The Morgan fingerprint density at radius 2 is 1.06 bits per heavy atom. The van der Waals surface area contributed by atoms with Gasteiger partial charge in [0, 0.05) is 0 Å². The molecule has 0 heterocycles. The predicted octanol–water partition coefficient (Wildman–Crippen LogP) is 4.35. The van der Waals surface area contributed by atoms with Crippen molar-refractivity contribution in [1.82, 2.24) is 0 Å². The summed E-state index contributed by atoms with van der Waals surface area (Å²) in [5.41, 5.74) is 0. The zero-order valence-corrected chi connectivity index (χ0v) is 11.7. The predicted molar refractivity (Wildman–Crippen MR) is 59.7 cm³/mol. The average molecular weight is 317 g/mol. The molecule has 0 bridgehead atoms. The van der Waals surface area contributed by atoms with E-state index in [4.69, 9.17) is 18.6 Å². The SMILES string of the molecule is FC(F)(F)[C]1[CH][CH][CH][CH]1.[CH]1[CH][CH][CH][CH]1.[Cl][Ti][Cl]. The van der Waals surface area contributed by atoms with Gasteiger partial charge < -0.3 is 0 Å². The molecule has 0 saturated heterocycles. The van der Waals surface area contributed by atoms with Crippen LogP contribution in [-0.2, 0) is 17.0 Å². The van der Waals surface area contributed by atoms with Crippen LogP contribution >= 0.6 is 18.6 Å². The fraction of sp³-hybridized carbons (Fsp3) is 0.0909. The summed E-state index contributed by atoms with van der Waals surface area (Å²) in [6.07, 6.45) is 10.6. The monoisotopic (exact) mass is 316 g/mol. The van der Waals surface area contributed by atoms with Crippen LogP contribution in [-0.4, -0.2) is 6.18 Å². The van der Waals surface area contributed by atoms with Crippen LogP contribution < -0.4 is 0 Å². The quantitative estimate of drug-likeness (QED) is 0.583. The maximum absolute atomic E-state index is 11.6. The van der Waals surface area contributed by atoms with Crippen molar-refractivity contribution in [1.29, 1.82) is 0 Å². The van der Waals surface area contributed by atoms with E-state index in [-0.39, 0.29) is 0 Å². The molecular weight excluding hydrogens is 308 g/mol. The van der Waals surface area contributed by atoms with Crippen LogP contribution in [0.5, 0.6) is 0 Å². The van der Waals surface area contributed by atoms with Crippen LogP contribution in [0.4, 0.5) is 13.2 Å². The topological polar surface area (TPSA) is 0 Å². The van der Waals surface area contributed by atoms with E-state index in [0.717, 1.165) is 12.8 Å². The van der Waals surface area contributed by atoms with E-state index in [2.05, 4.69) is 0 Å². The van der Waals surface area contributed by atoms with Crippen molar-refractivity contribution in [2.24, 2.45) is 0 Å². The van der Waals surface area contributed by atoms with Crippen molar-refractivity contribution in [2.45, 2.75) is 6.18 Å². The minimum atomic E-state index is -4.18. The van der Waals surface area contributed by atoms with Gasteiger partial charge in [-0.05, 0) is 57.8 Å². The summed E-state index contributed by atoms with van der Waals surface area (Å²) in [5, 5.41) is 0. The standard InChI is InChI=1S/C6H4F3.C5H5.2ClH.Ti/c7-6(8,9)5-3-1-2-4-5;1-2-4-5-3-1;;;/h1-4H;1-5H;2*1H;/q;;;;+2/p-2. The van der Waals surface area contributed by atoms with Crippen molar-refractivity contribution >= 4 is 18.6 Å². The van der Waals surface area contributed by atoms with Gasteiger partial charge in [0.1, 0.15) is 0 Å². The molecule has 0 unspecified atom stereocenters. The Morgan fingerprint density at radius 1 is 0.765 bits per heavy atom. The van der Waals surface area contributed by atoms with Crippen molar-refractivity contribution in [2.75, 3.05) is 0 Å². The van der Waals surface area contributed by atoms with Gasteiger partial charge in [-0.2, -0.15) is 13.2 Å². The molecule has 0 aromatic rings. The number of hydrogen-bond donors (Lipinski definition) is 0. The van der Waals surface area contributed by atoms with Crippen molar-refractivity contribution < 1.29 is 30.2 Å². The fourth-order valence-electron chi connectivity index (χ4n) is 0.884. The van der Waals surface area contributed by atoms with Gasteiger partial charge in [0.15, 0.2) is 0 Å². The first-order valence-corrected chi connectivity index (χ1v) is 8.74. The molecule has 0 aromatic carbocycles. The van der Waals surface area contributed by atoms with Crippen molar-refractivity contribution in [3.63, 3.8) is 0 Å². The second kappa shape index (κ2) is 11.0. The molecular formula is C11H9Cl2F3Ti. The molecule has 0 aliphatic heterocycles. The molecule has 0 nitrogen and oxygen atoms in total. The second-order valence-corrected chi connectivity index (χ2v) is 5.28. The van der Waals surface area contributed by atoms with Gasteiger partial charge in [-0.15, -0.1) is 0 Å². The van der Waals surface area contributed by atoms with Crippen LogP contribution in [0.2, 0.25) is 0 Å². The first-order valence-electron chi connectivity index (χ1n) is 4.44. The minimum absolute atomic E-state index is 0.556. The summed E-state index contributed by atoms with van der Waals surface area (Å²) in [6, 6.07) is 0. The van der Waals surface area contributed by atoms with Crippen LogP contribution in [0.3, 0.4) is 0 Å². The van der Waals surface area contributed by atoms with Gasteiger partial charge >= 0.3 is 41.8 Å². The first-order chi connectivity index (χ1) is 8.02. The summed E-state index contributed by atoms with van der Waals surface area (Å²) >= 11 is -0.556. The van der Waals surface area contributed by atoms with E-state index in [1.165, 1.54) is 12.8 Å². The Bertz CT molecular complexity index is 159. The first kappa shape index (κ1) is 18.1. The average Bonchev–Trinajstić information content (AvgIpc) is 2.95. The van der Waals surface area contributed by atoms with Crippen LogP contribution in [0.15, 0.2) is 0 Å². The Kier molecular flexibility index (Phi) is 11.7. The van der Waals surface area contributed by atoms with E-state index < -0.39 is 29.1 Å². The van der Waals surface area contributed by atoms with E-state index in [1.54, 1.807) is 0 Å². The Balaban J connectivity index is 0.000000270. The molecule has 2 fully saturated rings. The molecule has 17 heavy (non-hydrogen) atoms. The Labute approximate surface area is 118 Å². The molecule has 2 rings (SSSR count). The number of halogens is 5. The molecule has 0 aromatic heterocycles. The molecule has 0 spiro atoms. The van der Waals surface area contributed by atoms with E-state index in [1.807, 2.05) is 32.1 Å². The van der Waals surface area contributed by atoms with Gasteiger partial charge in [0.25, 0.3) is 0 Å². The van der Waals surface area contributed by atoms with Crippen LogP contribution in [0.1, 0.15) is 0 Å². The van der Waals surface area contributed by atoms with Gasteiger partial charge in [-0.3, -0.25) is 0 Å². The maximum atomic E-state index is 11.6. The zero-order chi connectivity index (χ0) is 13.1. The molecule has 0 amide bonds. The molecule has 6 heteroatoms. The van der Waals surface area contributed by atoms with Crippen LogP contribution in [0, 0.1) is 63.7 Å². The van der Waals surface area contributed by atoms with Crippen LogP contribution in [0.25, 0.3) is 0 Å². The Morgan fingerprint density at radius 3 is 1.24 bits per heavy atom. The molecule has 92 valence electrons. The summed E-state index contributed by atoms with van der Waals surface area (Å²) in [6.45, 7) is 0. The van der Waals surface area contributed by atoms with Gasteiger partial charge in [0.2, 0.25) is 0 Å². The third kappa shape index (κ3) is 10.7. The van der Waals surface area contributed by atoms with Crippen molar-refractivity contribution in [3.8, 4) is 0 Å². The summed E-state index contributed by atoms with van der Waals surface area (Å²) in [7, 11) is 9.78. The van der Waals surface area contributed by atoms with Crippen molar-refractivity contribution in [3.05, 3.63) is 63.7 Å². The number of alkyl halides is 3. The van der Waals surface area contributed by atoms with E-state index >= 15 is 0 Å². The van der Waals surface area contributed by atoms with Gasteiger partial charge in [0.05, 0.1) is 5.92 Å². The van der Waals surface area contributed by atoms with Gasteiger partial charge in [-0.25, -0.2) is 0 Å². The number of rotatable bonds is 0. The zero-order valence-electron chi connectivity index (χ0n) is 8.59. The fourth-order valence-corrected chi connectivity index (χ4v) is 0.884. The Hall–Kier alpha value is 1.08. The molecule has 10 radical (unpaired) electrons.